The van der Waals surface area contributed by atoms with Gasteiger partial charge in [0.25, 0.3) is 0 Å². The van der Waals surface area contributed by atoms with Gasteiger partial charge in [-0.2, -0.15) is 0 Å². The molecule has 1 amide bonds. The van der Waals surface area contributed by atoms with Gasteiger partial charge in [0, 0.05) is 6.54 Å². The molecule has 0 saturated heterocycles. The molecule has 0 radical (unpaired) electrons. The normalized spacial score (nSPS) is 25.4. The molecule has 3 nitrogen and oxygen atoms in total. The SMILES string of the molecule is CC1CCCC(CCNC(=O)[C@@H](N)C(C)C)C1.Cl. The van der Waals surface area contributed by atoms with Gasteiger partial charge in [-0.25, -0.2) is 0 Å². The molecule has 0 heterocycles. The monoisotopic (exact) mass is 276 g/mol. The van der Waals surface area contributed by atoms with E-state index in [4.69, 9.17) is 5.73 Å². The Morgan fingerprint density at radius 1 is 1.39 bits per heavy atom. The predicted octanol–water partition coefficient (Wildman–Crippen LogP) is 2.72. The van der Waals surface area contributed by atoms with Crippen molar-refractivity contribution in [2.75, 3.05) is 6.54 Å². The zero-order valence-corrected chi connectivity index (χ0v) is 12.8. The van der Waals surface area contributed by atoms with Crippen molar-refractivity contribution in [1.29, 1.82) is 0 Å². The number of carbonyl (C=O) groups is 1. The second-order valence-electron chi connectivity index (χ2n) is 5.99. The summed E-state index contributed by atoms with van der Waals surface area (Å²) in [6.45, 7) is 7.08. The molecule has 3 N–H and O–H groups in total. The van der Waals surface area contributed by atoms with E-state index in [1.807, 2.05) is 13.8 Å². The number of nitrogens with one attached hydrogen (secondary N) is 1. The third-order valence-corrected chi connectivity index (χ3v) is 3.92. The van der Waals surface area contributed by atoms with E-state index < -0.39 is 0 Å². The van der Waals surface area contributed by atoms with Crippen molar-refractivity contribution in [1.82, 2.24) is 5.32 Å². The minimum atomic E-state index is -0.361. The third-order valence-electron chi connectivity index (χ3n) is 3.92. The highest BCUT2D eigenvalue weighted by Crippen LogP contribution is 2.30. The zero-order chi connectivity index (χ0) is 12.8. The molecule has 2 unspecified atom stereocenters. The van der Waals surface area contributed by atoms with E-state index in [0.29, 0.717) is 0 Å². The van der Waals surface area contributed by atoms with Crippen molar-refractivity contribution in [2.45, 2.75) is 58.9 Å². The molecule has 1 aliphatic carbocycles. The van der Waals surface area contributed by atoms with Crippen LogP contribution in [0.1, 0.15) is 52.9 Å². The average Bonchev–Trinajstić information content (AvgIpc) is 2.27. The summed E-state index contributed by atoms with van der Waals surface area (Å²) in [6.07, 6.45) is 6.50. The molecule has 0 aliphatic heterocycles. The van der Waals surface area contributed by atoms with Gasteiger partial charge in [0.15, 0.2) is 0 Å². The molecular formula is C14H29ClN2O. The number of carbonyl (C=O) groups excluding carboxylic acids is 1. The van der Waals surface area contributed by atoms with Gasteiger partial charge in [-0.1, -0.05) is 40.0 Å². The molecule has 0 aromatic heterocycles. The summed E-state index contributed by atoms with van der Waals surface area (Å²) < 4.78 is 0. The van der Waals surface area contributed by atoms with Crippen molar-refractivity contribution >= 4 is 18.3 Å². The molecule has 108 valence electrons. The van der Waals surface area contributed by atoms with Crippen molar-refractivity contribution in [3.8, 4) is 0 Å². The van der Waals surface area contributed by atoms with Gasteiger partial charge < -0.3 is 11.1 Å². The first-order valence-corrected chi connectivity index (χ1v) is 7.04. The average molecular weight is 277 g/mol. The summed E-state index contributed by atoms with van der Waals surface area (Å²) in [5, 5.41) is 2.96. The van der Waals surface area contributed by atoms with E-state index in [9.17, 15) is 4.79 Å². The van der Waals surface area contributed by atoms with Crippen LogP contribution in [0.2, 0.25) is 0 Å². The van der Waals surface area contributed by atoms with Crippen LogP contribution >= 0.6 is 12.4 Å². The molecular weight excluding hydrogens is 248 g/mol. The van der Waals surface area contributed by atoms with Crippen LogP contribution in [0.3, 0.4) is 0 Å². The molecule has 4 heteroatoms. The van der Waals surface area contributed by atoms with Gasteiger partial charge in [-0.05, 0) is 30.6 Å². The van der Waals surface area contributed by atoms with E-state index in [0.717, 1.165) is 24.8 Å². The Hall–Kier alpha value is -0.280. The first-order valence-electron chi connectivity index (χ1n) is 7.04. The van der Waals surface area contributed by atoms with Crippen LogP contribution in [-0.4, -0.2) is 18.5 Å². The van der Waals surface area contributed by atoms with Crippen LogP contribution in [0, 0.1) is 17.8 Å². The van der Waals surface area contributed by atoms with Crippen LogP contribution < -0.4 is 11.1 Å². The molecule has 0 spiro atoms. The van der Waals surface area contributed by atoms with Crippen LogP contribution in [-0.2, 0) is 4.79 Å². The van der Waals surface area contributed by atoms with Crippen LogP contribution in [0.5, 0.6) is 0 Å². The third kappa shape index (κ3) is 6.05. The minimum Gasteiger partial charge on any atom is -0.355 e. The second kappa shape index (κ2) is 8.76. The maximum atomic E-state index is 11.7. The summed E-state index contributed by atoms with van der Waals surface area (Å²) >= 11 is 0. The molecule has 1 rings (SSSR count). The summed E-state index contributed by atoms with van der Waals surface area (Å²) in [7, 11) is 0. The van der Waals surface area contributed by atoms with Gasteiger partial charge in [0.2, 0.25) is 5.91 Å². The van der Waals surface area contributed by atoms with E-state index in [1.54, 1.807) is 0 Å². The highest BCUT2D eigenvalue weighted by molar-refractivity contribution is 5.85. The molecule has 18 heavy (non-hydrogen) atoms. The van der Waals surface area contributed by atoms with E-state index in [2.05, 4.69) is 12.2 Å². The Kier molecular flexibility index (Phi) is 8.62. The fourth-order valence-corrected chi connectivity index (χ4v) is 2.64. The molecule has 1 saturated carbocycles. The van der Waals surface area contributed by atoms with Crippen molar-refractivity contribution in [2.24, 2.45) is 23.5 Å². The lowest BCUT2D eigenvalue weighted by atomic mass is 9.81. The molecule has 0 aromatic rings. The summed E-state index contributed by atoms with van der Waals surface area (Å²) in [6, 6.07) is -0.361. The highest BCUT2D eigenvalue weighted by Gasteiger charge is 2.20. The molecule has 1 aliphatic rings. The van der Waals surface area contributed by atoms with E-state index >= 15 is 0 Å². The number of amides is 1. The predicted molar refractivity (Wildman–Crippen MR) is 78.8 cm³/mol. The van der Waals surface area contributed by atoms with E-state index in [1.165, 1.54) is 25.7 Å². The van der Waals surface area contributed by atoms with E-state index in [-0.39, 0.29) is 30.3 Å². The summed E-state index contributed by atoms with van der Waals surface area (Å²) in [4.78, 5) is 11.7. The van der Waals surface area contributed by atoms with Crippen LogP contribution in [0.15, 0.2) is 0 Å². The van der Waals surface area contributed by atoms with Gasteiger partial charge in [-0.3, -0.25) is 4.79 Å². The summed E-state index contributed by atoms with van der Waals surface area (Å²) in [5.41, 5.74) is 5.79. The van der Waals surface area contributed by atoms with Crippen LogP contribution in [0.25, 0.3) is 0 Å². The Balaban J connectivity index is 0.00000289. The zero-order valence-electron chi connectivity index (χ0n) is 11.9. The maximum Gasteiger partial charge on any atom is 0.237 e. The lowest BCUT2D eigenvalue weighted by Crippen LogP contribution is -2.44. The number of hydrogen-bond donors (Lipinski definition) is 2. The minimum absolute atomic E-state index is 0. The lowest BCUT2D eigenvalue weighted by Gasteiger charge is -2.27. The van der Waals surface area contributed by atoms with Gasteiger partial charge >= 0.3 is 0 Å². The van der Waals surface area contributed by atoms with Gasteiger partial charge in [0.1, 0.15) is 0 Å². The number of hydrogen-bond acceptors (Lipinski definition) is 2. The van der Waals surface area contributed by atoms with Gasteiger partial charge in [-0.15, -0.1) is 12.4 Å². The van der Waals surface area contributed by atoms with Crippen LogP contribution in [0.4, 0.5) is 0 Å². The largest absolute Gasteiger partial charge is 0.355 e. The lowest BCUT2D eigenvalue weighted by molar-refractivity contribution is -0.123. The topological polar surface area (TPSA) is 55.1 Å². The quantitative estimate of drug-likeness (QED) is 0.811. The smallest absolute Gasteiger partial charge is 0.237 e. The second-order valence-corrected chi connectivity index (χ2v) is 5.99. The fraction of sp³-hybridized carbons (Fsp3) is 0.929. The molecule has 0 bridgehead atoms. The van der Waals surface area contributed by atoms with Crippen molar-refractivity contribution in [3.63, 3.8) is 0 Å². The standard InChI is InChI=1S/C14H28N2O.ClH/c1-10(2)13(15)14(17)16-8-7-12-6-4-5-11(3)9-12;/h10-13H,4-9,15H2,1-3H3,(H,16,17);1H/t11?,12?,13-;/m0./s1. The highest BCUT2D eigenvalue weighted by atomic mass is 35.5. The first-order chi connectivity index (χ1) is 8.00. The number of nitrogens with two attached hydrogens (primary N) is 1. The van der Waals surface area contributed by atoms with Gasteiger partial charge in [0.05, 0.1) is 6.04 Å². The molecule has 0 aromatic carbocycles. The summed E-state index contributed by atoms with van der Waals surface area (Å²) in [5.74, 6) is 1.88. The Labute approximate surface area is 118 Å². The Bertz CT molecular complexity index is 246. The van der Waals surface area contributed by atoms with Crippen molar-refractivity contribution in [3.05, 3.63) is 0 Å². The maximum absolute atomic E-state index is 11.7. The Morgan fingerprint density at radius 2 is 2.06 bits per heavy atom. The number of halogens is 1. The fourth-order valence-electron chi connectivity index (χ4n) is 2.64. The first kappa shape index (κ1) is 17.7. The molecule has 1 fully saturated rings. The number of rotatable bonds is 5. The Morgan fingerprint density at radius 3 is 2.61 bits per heavy atom. The molecule has 3 atom stereocenters. The van der Waals surface area contributed by atoms with Crippen molar-refractivity contribution < 1.29 is 4.79 Å².